The zero-order chi connectivity index (χ0) is 68.2. The first-order chi connectivity index (χ1) is 44.2. The quantitative estimate of drug-likeness (QED) is 0.0222. The van der Waals surface area contributed by atoms with Crippen LogP contribution in [0.25, 0.3) is 0 Å². The molecule has 0 aromatic carbocycles. The molecule has 0 aromatic rings. The molecule has 0 rings (SSSR count). The third-order valence-electron chi connectivity index (χ3n) is 17.5. The van der Waals surface area contributed by atoms with Gasteiger partial charge in [-0.25, -0.2) is 9.13 Å². The van der Waals surface area contributed by atoms with Crippen LogP contribution in [0.1, 0.15) is 364 Å². The SMILES string of the molecule is CCC(C)CCCCCCCCCCCCCCCCC(=O)OC[C@H](COP(=O)(O)OCC(O)COP(=O)(O)OC[C@@H](COC(=O)CCCCCCCCCC(C)C)OC(=O)CCCCCCCCC(C)CC)OC(=O)CCCCCCCCCCCCCC(C)C. The number of carbonyl (C=O) groups excluding carboxylic acids is 4. The van der Waals surface area contributed by atoms with Crippen LogP contribution in [0.3, 0.4) is 0 Å². The number of ether oxygens (including phenoxy) is 4. The maximum Gasteiger partial charge on any atom is 0.472 e. The average Bonchev–Trinajstić information content (AvgIpc) is 1.75. The Bertz CT molecular complexity index is 1820. The van der Waals surface area contributed by atoms with Crippen molar-refractivity contribution in [2.45, 2.75) is 382 Å². The number of rotatable bonds is 70. The second-order valence-corrected chi connectivity index (χ2v) is 30.7. The number of hydrogen-bond acceptors (Lipinski definition) is 15. The Kier molecular flexibility index (Phi) is 61.3. The average molecular weight is 1350 g/mol. The van der Waals surface area contributed by atoms with Gasteiger partial charge in [-0.2, -0.15) is 0 Å². The van der Waals surface area contributed by atoms with Crippen molar-refractivity contribution in [1.29, 1.82) is 0 Å². The molecule has 0 saturated carbocycles. The van der Waals surface area contributed by atoms with Gasteiger partial charge < -0.3 is 33.8 Å². The Morgan fingerprint density at radius 1 is 0.304 bits per heavy atom. The highest BCUT2D eigenvalue weighted by atomic mass is 31.2. The summed E-state index contributed by atoms with van der Waals surface area (Å²) in [7, 11) is -9.91. The van der Waals surface area contributed by atoms with E-state index in [4.69, 9.17) is 37.0 Å². The van der Waals surface area contributed by atoms with Gasteiger partial charge in [0.05, 0.1) is 26.4 Å². The van der Waals surface area contributed by atoms with Gasteiger partial charge in [-0.1, -0.05) is 312 Å². The molecule has 0 heterocycles. The first-order valence-electron chi connectivity index (χ1n) is 37.8. The fraction of sp³-hybridized carbons (Fsp3) is 0.945. The van der Waals surface area contributed by atoms with Gasteiger partial charge in [0.25, 0.3) is 0 Å². The van der Waals surface area contributed by atoms with Crippen LogP contribution in [0.4, 0.5) is 0 Å². The fourth-order valence-corrected chi connectivity index (χ4v) is 12.5. The standard InChI is InChI=1S/C73H142O17P2/c1-9-65(7)51-43-35-27-21-17-13-11-12-14-18-22-28-37-45-53-70(75)83-59-68(89-72(77)55-47-39-29-23-19-15-16-20-25-33-41-49-63(3)4)61-87-91(79,80)85-57-67(74)58-86-92(81,82)88-62-69(90-73(78)56-48-40-32-31-36-44-52-66(8)10-2)60-84-71(76)54-46-38-30-24-26-34-42-50-64(5)6/h63-69,74H,9-62H2,1-8H3,(H,79,80)(H,81,82)/t65?,66?,67?,68-,69-/m1/s1. The number of carbonyl (C=O) groups is 4. The molecule has 0 spiro atoms. The molecule has 0 aromatic heterocycles. The van der Waals surface area contributed by atoms with E-state index in [9.17, 15) is 43.2 Å². The molecule has 17 nitrogen and oxygen atoms in total. The number of esters is 4. The first kappa shape index (κ1) is 90.1. The molecule has 19 heteroatoms. The van der Waals surface area contributed by atoms with Crippen LogP contribution in [0, 0.1) is 23.7 Å². The summed E-state index contributed by atoms with van der Waals surface area (Å²) in [5.41, 5.74) is 0. The molecule has 5 unspecified atom stereocenters. The molecular formula is C73H142O17P2. The smallest absolute Gasteiger partial charge is 0.462 e. The van der Waals surface area contributed by atoms with Crippen LogP contribution in [0.15, 0.2) is 0 Å². The van der Waals surface area contributed by atoms with Crippen LogP contribution in [0.2, 0.25) is 0 Å². The summed E-state index contributed by atoms with van der Waals surface area (Å²) in [6.45, 7) is 14.1. The minimum absolute atomic E-state index is 0.102. The highest BCUT2D eigenvalue weighted by Crippen LogP contribution is 2.45. The van der Waals surface area contributed by atoms with Crippen molar-refractivity contribution in [1.82, 2.24) is 0 Å². The lowest BCUT2D eigenvalue weighted by Gasteiger charge is -2.21. The summed E-state index contributed by atoms with van der Waals surface area (Å²) in [5, 5.41) is 10.6. The lowest BCUT2D eigenvalue weighted by Crippen LogP contribution is -2.30. The fourth-order valence-electron chi connectivity index (χ4n) is 11.0. The minimum atomic E-state index is -4.96. The third kappa shape index (κ3) is 64.1. The summed E-state index contributed by atoms with van der Waals surface area (Å²) in [6, 6.07) is 0. The molecular weight excluding hydrogens is 1210 g/mol. The Morgan fingerprint density at radius 3 is 0.772 bits per heavy atom. The Hall–Kier alpha value is -1.94. The molecule has 0 aliphatic carbocycles. The van der Waals surface area contributed by atoms with Crippen LogP contribution >= 0.6 is 15.6 Å². The first-order valence-corrected chi connectivity index (χ1v) is 40.8. The van der Waals surface area contributed by atoms with Gasteiger partial charge in [-0.05, 0) is 49.4 Å². The van der Waals surface area contributed by atoms with Gasteiger partial charge in [0.2, 0.25) is 0 Å². The van der Waals surface area contributed by atoms with E-state index in [1.807, 2.05) is 0 Å². The van der Waals surface area contributed by atoms with E-state index in [-0.39, 0.29) is 25.7 Å². The van der Waals surface area contributed by atoms with E-state index in [1.165, 1.54) is 161 Å². The largest absolute Gasteiger partial charge is 0.472 e. The van der Waals surface area contributed by atoms with Crippen molar-refractivity contribution >= 4 is 39.5 Å². The zero-order valence-corrected chi connectivity index (χ0v) is 62.0. The molecule has 546 valence electrons. The lowest BCUT2D eigenvalue weighted by atomic mass is 9.99. The van der Waals surface area contributed by atoms with Crippen molar-refractivity contribution in [2.24, 2.45) is 23.7 Å². The molecule has 0 bridgehead atoms. The maximum absolute atomic E-state index is 13.1. The van der Waals surface area contributed by atoms with Crippen LogP contribution in [0.5, 0.6) is 0 Å². The number of unbranched alkanes of at least 4 members (excludes halogenated alkanes) is 34. The number of phosphoric acid groups is 2. The molecule has 0 fully saturated rings. The number of phosphoric ester groups is 2. The number of aliphatic hydroxyl groups excluding tert-OH is 1. The topological polar surface area (TPSA) is 237 Å². The lowest BCUT2D eigenvalue weighted by molar-refractivity contribution is -0.161. The molecule has 92 heavy (non-hydrogen) atoms. The second kappa shape index (κ2) is 62.6. The van der Waals surface area contributed by atoms with Gasteiger partial charge in [-0.3, -0.25) is 37.3 Å². The molecule has 0 radical (unpaired) electrons. The highest BCUT2D eigenvalue weighted by molar-refractivity contribution is 7.47. The van der Waals surface area contributed by atoms with E-state index in [1.54, 1.807) is 0 Å². The van der Waals surface area contributed by atoms with Gasteiger partial charge >= 0.3 is 39.5 Å². The van der Waals surface area contributed by atoms with E-state index in [0.29, 0.717) is 31.6 Å². The van der Waals surface area contributed by atoms with E-state index >= 15 is 0 Å². The Morgan fingerprint density at radius 2 is 0.522 bits per heavy atom. The normalized spacial score (nSPS) is 14.8. The van der Waals surface area contributed by atoms with Crippen molar-refractivity contribution in [3.63, 3.8) is 0 Å². The van der Waals surface area contributed by atoms with E-state index in [0.717, 1.165) is 114 Å². The second-order valence-electron chi connectivity index (χ2n) is 27.8. The van der Waals surface area contributed by atoms with Gasteiger partial charge in [-0.15, -0.1) is 0 Å². The van der Waals surface area contributed by atoms with Crippen LogP contribution in [-0.4, -0.2) is 96.7 Å². The molecule has 3 N–H and O–H groups in total. The summed E-state index contributed by atoms with van der Waals surface area (Å²) in [5.74, 6) is 0.912. The number of aliphatic hydroxyl groups is 1. The zero-order valence-electron chi connectivity index (χ0n) is 60.2. The monoisotopic (exact) mass is 1350 g/mol. The molecule has 0 saturated heterocycles. The molecule has 7 atom stereocenters. The van der Waals surface area contributed by atoms with Crippen molar-refractivity contribution in [3.8, 4) is 0 Å². The third-order valence-corrected chi connectivity index (χ3v) is 19.4. The van der Waals surface area contributed by atoms with Crippen LogP contribution in [-0.2, 0) is 65.4 Å². The van der Waals surface area contributed by atoms with E-state index in [2.05, 4.69) is 55.4 Å². The summed E-state index contributed by atoms with van der Waals surface area (Å²) >= 11 is 0. The van der Waals surface area contributed by atoms with Crippen LogP contribution < -0.4 is 0 Å². The van der Waals surface area contributed by atoms with Crippen molar-refractivity contribution < 1.29 is 80.2 Å². The molecule has 0 aliphatic heterocycles. The van der Waals surface area contributed by atoms with Gasteiger partial charge in [0.1, 0.15) is 19.3 Å². The maximum atomic E-state index is 13.1. The summed E-state index contributed by atoms with van der Waals surface area (Å²) in [4.78, 5) is 72.6. The molecule has 0 amide bonds. The van der Waals surface area contributed by atoms with Crippen molar-refractivity contribution in [2.75, 3.05) is 39.6 Å². The Balaban J connectivity index is 5.23. The minimum Gasteiger partial charge on any atom is -0.462 e. The predicted molar refractivity (Wildman–Crippen MR) is 372 cm³/mol. The summed E-state index contributed by atoms with van der Waals surface area (Å²) in [6.07, 6.45) is 45.9. The van der Waals surface area contributed by atoms with Crippen molar-refractivity contribution in [3.05, 3.63) is 0 Å². The van der Waals surface area contributed by atoms with Gasteiger partial charge in [0, 0.05) is 25.7 Å². The Labute approximate surface area is 562 Å². The highest BCUT2D eigenvalue weighted by Gasteiger charge is 2.30. The number of hydrogen-bond donors (Lipinski definition) is 3. The predicted octanol–water partition coefficient (Wildman–Crippen LogP) is 20.9. The molecule has 0 aliphatic rings. The van der Waals surface area contributed by atoms with Gasteiger partial charge in [0.15, 0.2) is 12.2 Å². The van der Waals surface area contributed by atoms with E-state index < -0.39 is 97.5 Å². The summed E-state index contributed by atoms with van der Waals surface area (Å²) < 4.78 is 68.4.